The summed E-state index contributed by atoms with van der Waals surface area (Å²) in [5.41, 5.74) is 3.21. The molecule has 0 radical (unpaired) electrons. The van der Waals surface area contributed by atoms with E-state index in [1.54, 1.807) is 0 Å². The Bertz CT molecular complexity index is 1180. The number of nitrogens with zero attached hydrogens (tertiary/aromatic N) is 1. The summed E-state index contributed by atoms with van der Waals surface area (Å²) in [5, 5.41) is 3.91. The van der Waals surface area contributed by atoms with E-state index in [0.717, 1.165) is 35.3 Å². The van der Waals surface area contributed by atoms with Gasteiger partial charge < -0.3 is 5.32 Å². The number of pyridine rings is 1. The number of imidazole rings is 1. The summed E-state index contributed by atoms with van der Waals surface area (Å²) in [6, 6.07) is 23.6. The molecule has 2 N–H and O–H groups in total. The average molecular weight is 389 g/mol. The quantitative estimate of drug-likeness (QED) is 0.497. The molecule has 5 heteroatoms. The summed E-state index contributed by atoms with van der Waals surface area (Å²) >= 11 is 6.18. The number of hydrogen-bond acceptors (Lipinski definition) is 1. The maximum Gasteiger partial charge on any atom is 0.296 e. The predicted octanol–water partition coefficient (Wildman–Crippen LogP) is 4.49. The second-order valence-corrected chi connectivity index (χ2v) is 7.65. The number of hydrogen-bond donors (Lipinski definition) is 2. The van der Waals surface area contributed by atoms with Crippen LogP contribution in [0.5, 0.6) is 0 Å². The van der Waals surface area contributed by atoms with Gasteiger partial charge in [0.15, 0.2) is 5.52 Å². The van der Waals surface area contributed by atoms with E-state index >= 15 is 0 Å². The van der Waals surface area contributed by atoms with Crippen molar-refractivity contribution in [2.45, 2.75) is 18.4 Å². The van der Waals surface area contributed by atoms with E-state index in [1.165, 1.54) is 0 Å². The van der Waals surface area contributed by atoms with Gasteiger partial charge in [-0.25, -0.2) is 4.98 Å². The number of carbonyl (C=O) groups is 1. The first kappa shape index (κ1) is 17.0. The van der Waals surface area contributed by atoms with Gasteiger partial charge in [-0.05, 0) is 48.7 Å². The van der Waals surface area contributed by atoms with Crippen molar-refractivity contribution < 1.29 is 9.20 Å². The van der Waals surface area contributed by atoms with E-state index in [9.17, 15) is 4.79 Å². The summed E-state index contributed by atoms with van der Waals surface area (Å²) in [7, 11) is 0. The molecule has 4 nitrogen and oxygen atoms in total. The van der Waals surface area contributed by atoms with Crippen molar-refractivity contribution in [2.24, 2.45) is 0 Å². The van der Waals surface area contributed by atoms with Gasteiger partial charge in [0.05, 0.1) is 17.3 Å². The topological polar surface area (TPSA) is 49.0 Å². The van der Waals surface area contributed by atoms with Crippen LogP contribution in [0.1, 0.15) is 28.9 Å². The molecule has 1 saturated carbocycles. The van der Waals surface area contributed by atoms with Crippen LogP contribution in [0.2, 0.25) is 5.02 Å². The molecule has 1 fully saturated rings. The highest BCUT2D eigenvalue weighted by Gasteiger charge is 2.46. The molecule has 0 unspecified atom stereocenters. The molecule has 0 saturated heterocycles. The molecular formula is C23H19ClN3O+. The summed E-state index contributed by atoms with van der Waals surface area (Å²) in [6.07, 6.45) is 3.86. The second-order valence-electron chi connectivity index (χ2n) is 7.22. The number of fused-ring (bicyclic) bond motifs is 1. The van der Waals surface area contributed by atoms with Crippen molar-refractivity contribution in [3.05, 3.63) is 95.3 Å². The Morgan fingerprint density at radius 2 is 1.79 bits per heavy atom. The van der Waals surface area contributed by atoms with Crippen LogP contribution in [-0.2, 0) is 5.54 Å². The highest BCUT2D eigenvalue weighted by atomic mass is 35.5. The number of H-pyrrole nitrogens is 1. The standard InChI is InChI=1S/C23H18ClN3O/c24-18-10-6-7-16(15-18)21-25-20(19-11-4-5-14-27(19)21)22(28)26-23(12-13-23)17-8-2-1-3-9-17/h1-11,14-15H,12-13H2,(H,26,28)/p+1. The Morgan fingerprint density at radius 1 is 1.00 bits per heavy atom. The lowest BCUT2D eigenvalue weighted by atomic mass is 10.0. The van der Waals surface area contributed by atoms with Gasteiger partial charge in [0.1, 0.15) is 0 Å². The molecule has 138 valence electrons. The molecule has 4 aromatic rings. The zero-order valence-electron chi connectivity index (χ0n) is 15.2. The van der Waals surface area contributed by atoms with E-state index in [4.69, 9.17) is 11.6 Å². The number of aromatic nitrogens is 2. The Balaban J connectivity index is 1.56. The summed E-state index contributed by atoms with van der Waals surface area (Å²) in [4.78, 5) is 16.5. The third kappa shape index (κ3) is 2.86. The van der Waals surface area contributed by atoms with Gasteiger partial charge in [0.2, 0.25) is 5.69 Å². The van der Waals surface area contributed by atoms with Crippen LogP contribution in [0, 0.1) is 0 Å². The summed E-state index contributed by atoms with van der Waals surface area (Å²) in [5.74, 6) is 0.728. The van der Waals surface area contributed by atoms with Gasteiger partial charge in [-0.2, -0.15) is 4.40 Å². The van der Waals surface area contributed by atoms with E-state index in [0.29, 0.717) is 10.7 Å². The normalized spacial score (nSPS) is 14.8. The largest absolute Gasteiger partial charge is 0.339 e. The fourth-order valence-corrected chi connectivity index (χ4v) is 3.94. The van der Waals surface area contributed by atoms with Gasteiger partial charge in [0.25, 0.3) is 11.7 Å². The Hall–Kier alpha value is -3.11. The lowest BCUT2D eigenvalue weighted by Crippen LogP contribution is -2.35. The van der Waals surface area contributed by atoms with E-state index in [2.05, 4.69) is 22.4 Å². The second kappa shape index (κ2) is 6.50. The molecule has 1 aliphatic rings. The fraction of sp³-hybridized carbons (Fsp3) is 0.130. The van der Waals surface area contributed by atoms with Crippen molar-refractivity contribution in [1.82, 2.24) is 10.3 Å². The van der Waals surface area contributed by atoms with Crippen molar-refractivity contribution in [3.63, 3.8) is 0 Å². The van der Waals surface area contributed by atoms with Crippen LogP contribution in [0.3, 0.4) is 0 Å². The molecule has 0 bridgehead atoms. The van der Waals surface area contributed by atoms with Crippen molar-refractivity contribution in [2.75, 3.05) is 0 Å². The van der Waals surface area contributed by atoms with Crippen molar-refractivity contribution >= 4 is 23.0 Å². The maximum atomic E-state index is 13.2. The molecule has 0 atom stereocenters. The minimum Gasteiger partial charge on any atom is -0.339 e. The minimum absolute atomic E-state index is 0.0988. The van der Waals surface area contributed by atoms with Crippen LogP contribution in [0.4, 0.5) is 0 Å². The molecule has 0 spiro atoms. The number of rotatable bonds is 4. The molecule has 28 heavy (non-hydrogen) atoms. The van der Waals surface area contributed by atoms with Crippen LogP contribution in [-0.4, -0.2) is 10.9 Å². The summed E-state index contributed by atoms with van der Waals surface area (Å²) in [6.45, 7) is 0. The Kier molecular flexibility index (Phi) is 3.95. The monoisotopic (exact) mass is 388 g/mol. The number of benzene rings is 2. The number of amides is 1. The first-order chi connectivity index (χ1) is 13.7. The van der Waals surface area contributed by atoms with Gasteiger partial charge in [-0.15, -0.1) is 0 Å². The van der Waals surface area contributed by atoms with Gasteiger partial charge in [0, 0.05) is 5.02 Å². The van der Waals surface area contributed by atoms with Gasteiger partial charge >= 0.3 is 0 Å². The highest BCUT2D eigenvalue weighted by Crippen LogP contribution is 2.45. The molecule has 2 aromatic carbocycles. The fourth-order valence-electron chi connectivity index (χ4n) is 3.75. The smallest absolute Gasteiger partial charge is 0.296 e. The maximum absolute atomic E-state index is 13.2. The molecule has 1 aliphatic carbocycles. The third-order valence-corrected chi connectivity index (χ3v) is 5.59. The highest BCUT2D eigenvalue weighted by molar-refractivity contribution is 6.30. The molecule has 2 heterocycles. The molecular weight excluding hydrogens is 370 g/mol. The van der Waals surface area contributed by atoms with Crippen LogP contribution >= 0.6 is 11.6 Å². The minimum atomic E-state index is -0.258. The van der Waals surface area contributed by atoms with Crippen molar-refractivity contribution in [3.8, 4) is 11.4 Å². The lowest BCUT2D eigenvalue weighted by molar-refractivity contribution is -0.498. The zero-order chi connectivity index (χ0) is 19.1. The Morgan fingerprint density at radius 3 is 2.54 bits per heavy atom. The van der Waals surface area contributed by atoms with Crippen molar-refractivity contribution in [1.29, 1.82) is 0 Å². The van der Waals surface area contributed by atoms with Crippen LogP contribution in [0.15, 0.2) is 79.0 Å². The van der Waals surface area contributed by atoms with Crippen LogP contribution < -0.4 is 9.72 Å². The zero-order valence-corrected chi connectivity index (χ0v) is 15.9. The van der Waals surface area contributed by atoms with Crippen LogP contribution in [0.25, 0.3) is 16.9 Å². The average Bonchev–Trinajstić information content (AvgIpc) is 3.40. The Labute approximate surface area is 167 Å². The predicted molar refractivity (Wildman–Crippen MR) is 109 cm³/mol. The lowest BCUT2D eigenvalue weighted by Gasteiger charge is -2.16. The van der Waals surface area contributed by atoms with E-state index in [-0.39, 0.29) is 11.4 Å². The van der Waals surface area contributed by atoms with E-state index < -0.39 is 0 Å². The number of halogens is 1. The molecule has 0 aliphatic heterocycles. The first-order valence-corrected chi connectivity index (χ1v) is 9.70. The first-order valence-electron chi connectivity index (χ1n) is 9.33. The van der Waals surface area contributed by atoms with Gasteiger partial charge in [-0.3, -0.25) is 4.79 Å². The number of nitrogens with one attached hydrogen (secondary N) is 2. The number of aromatic amines is 1. The number of carbonyl (C=O) groups excluding carboxylic acids is 1. The SMILES string of the molecule is O=C(NC1(c2ccccc2)CC1)c1[nH]c(-c2cccc(Cl)c2)[n+]2ccccc12. The third-order valence-electron chi connectivity index (χ3n) is 5.35. The van der Waals surface area contributed by atoms with E-state index in [1.807, 2.05) is 71.3 Å². The molecule has 1 amide bonds. The molecule has 5 rings (SSSR count). The van der Waals surface area contributed by atoms with Gasteiger partial charge in [-0.1, -0.05) is 54.1 Å². The summed E-state index contributed by atoms with van der Waals surface area (Å²) < 4.78 is 1.99. The molecule has 2 aromatic heterocycles.